The summed E-state index contributed by atoms with van der Waals surface area (Å²) in [6, 6.07) is 7.61. The van der Waals surface area contributed by atoms with Crippen molar-refractivity contribution in [3.8, 4) is 0 Å². The van der Waals surface area contributed by atoms with Crippen molar-refractivity contribution < 1.29 is 4.79 Å². The van der Waals surface area contributed by atoms with E-state index < -0.39 is 0 Å². The number of anilines is 1. The van der Waals surface area contributed by atoms with Crippen LogP contribution >= 0.6 is 0 Å². The molecule has 3 rings (SSSR count). The minimum atomic E-state index is -0.0999. The summed E-state index contributed by atoms with van der Waals surface area (Å²) in [6.45, 7) is 2.12. The van der Waals surface area contributed by atoms with Crippen molar-refractivity contribution in [2.24, 2.45) is 0 Å². The fourth-order valence-corrected chi connectivity index (χ4v) is 2.97. The Labute approximate surface area is 135 Å². The van der Waals surface area contributed by atoms with Crippen LogP contribution < -0.4 is 10.5 Å². The Bertz CT molecular complexity index is 776. The van der Waals surface area contributed by atoms with E-state index in [1.54, 1.807) is 23.6 Å². The monoisotopic (exact) mass is 314 g/mol. The van der Waals surface area contributed by atoms with E-state index in [2.05, 4.69) is 9.88 Å². The number of rotatable bonds is 4. The molecule has 0 aliphatic carbocycles. The topological polar surface area (TPSA) is 58.4 Å². The number of hydrogen-bond acceptors (Lipinski definition) is 4. The number of para-hydroxylation sites is 2. The molecule has 0 atom stereocenters. The molecular formula is C17H22N4O2. The zero-order valence-electron chi connectivity index (χ0n) is 13.7. The van der Waals surface area contributed by atoms with Gasteiger partial charge in [0, 0.05) is 40.2 Å². The van der Waals surface area contributed by atoms with Crippen LogP contribution in [0.2, 0.25) is 0 Å². The van der Waals surface area contributed by atoms with Crippen molar-refractivity contribution >= 4 is 22.8 Å². The first-order chi connectivity index (χ1) is 11.1. The zero-order chi connectivity index (χ0) is 16.4. The third-order valence-corrected chi connectivity index (χ3v) is 4.29. The molecule has 0 radical (unpaired) electrons. The molecular weight excluding hydrogens is 292 g/mol. The van der Waals surface area contributed by atoms with Gasteiger partial charge in [-0.15, -0.1) is 0 Å². The van der Waals surface area contributed by atoms with Crippen LogP contribution in [0.25, 0.3) is 11.0 Å². The largest absolute Gasteiger partial charge is 0.352 e. The van der Waals surface area contributed by atoms with E-state index in [0.717, 1.165) is 37.0 Å². The van der Waals surface area contributed by atoms with Gasteiger partial charge < -0.3 is 14.4 Å². The van der Waals surface area contributed by atoms with Gasteiger partial charge in [0.25, 0.3) is 5.56 Å². The van der Waals surface area contributed by atoms with Crippen molar-refractivity contribution in [1.29, 1.82) is 0 Å². The van der Waals surface area contributed by atoms with Gasteiger partial charge in [0.1, 0.15) is 0 Å². The maximum atomic E-state index is 12.9. The van der Waals surface area contributed by atoms with E-state index in [1.807, 2.05) is 24.3 Å². The second-order valence-corrected chi connectivity index (χ2v) is 6.11. The van der Waals surface area contributed by atoms with Crippen LogP contribution in [-0.2, 0) is 11.3 Å². The first-order valence-electron chi connectivity index (χ1n) is 8.02. The van der Waals surface area contributed by atoms with E-state index >= 15 is 0 Å². The second-order valence-electron chi connectivity index (χ2n) is 6.11. The number of hydrogen-bond donors (Lipinski definition) is 0. The van der Waals surface area contributed by atoms with Gasteiger partial charge in [0.05, 0.1) is 11.0 Å². The summed E-state index contributed by atoms with van der Waals surface area (Å²) in [7, 11) is 3.46. The molecule has 1 fully saturated rings. The Hall–Kier alpha value is -2.37. The van der Waals surface area contributed by atoms with Crippen LogP contribution in [-0.4, -0.2) is 47.5 Å². The normalized spacial score (nSPS) is 14.4. The molecule has 1 saturated heterocycles. The van der Waals surface area contributed by atoms with Gasteiger partial charge in [-0.2, -0.15) is 0 Å². The Balaban J connectivity index is 2.04. The summed E-state index contributed by atoms with van der Waals surface area (Å²) in [4.78, 5) is 33.0. The number of nitrogens with zero attached hydrogens (tertiary/aromatic N) is 4. The molecule has 1 amide bonds. The molecule has 122 valence electrons. The summed E-state index contributed by atoms with van der Waals surface area (Å²) < 4.78 is 1.69. The van der Waals surface area contributed by atoms with Crippen LogP contribution in [0, 0.1) is 0 Å². The molecule has 2 heterocycles. The molecule has 6 nitrogen and oxygen atoms in total. The third kappa shape index (κ3) is 3.06. The van der Waals surface area contributed by atoms with Gasteiger partial charge in [-0.3, -0.25) is 9.59 Å². The van der Waals surface area contributed by atoms with Crippen LogP contribution in [0.5, 0.6) is 0 Å². The van der Waals surface area contributed by atoms with Crippen molar-refractivity contribution in [2.75, 3.05) is 32.1 Å². The zero-order valence-corrected chi connectivity index (χ0v) is 13.7. The minimum absolute atomic E-state index is 0.0144. The fraction of sp³-hybridized carbons (Fsp3) is 0.471. The molecule has 1 aromatic heterocycles. The van der Waals surface area contributed by atoms with E-state index in [0.29, 0.717) is 18.8 Å². The highest BCUT2D eigenvalue weighted by Gasteiger charge is 2.20. The lowest BCUT2D eigenvalue weighted by molar-refractivity contribution is -0.128. The van der Waals surface area contributed by atoms with Gasteiger partial charge in [0.15, 0.2) is 5.82 Å². The molecule has 2 aromatic rings. The summed E-state index contributed by atoms with van der Waals surface area (Å²) in [5.74, 6) is 0.527. The van der Waals surface area contributed by atoms with Crippen molar-refractivity contribution in [3.63, 3.8) is 0 Å². The van der Waals surface area contributed by atoms with Gasteiger partial charge in [-0.05, 0) is 25.0 Å². The van der Waals surface area contributed by atoms with Crippen LogP contribution in [0.15, 0.2) is 29.1 Å². The maximum absolute atomic E-state index is 12.9. The molecule has 1 aromatic carbocycles. The molecule has 0 N–H and O–H groups in total. The minimum Gasteiger partial charge on any atom is -0.352 e. The van der Waals surface area contributed by atoms with Gasteiger partial charge in [-0.25, -0.2) is 4.98 Å². The van der Waals surface area contributed by atoms with E-state index in [1.165, 1.54) is 0 Å². The van der Waals surface area contributed by atoms with Crippen molar-refractivity contribution in [1.82, 2.24) is 14.5 Å². The lowest BCUT2D eigenvalue weighted by Crippen LogP contribution is -2.33. The second kappa shape index (κ2) is 6.40. The number of aromatic nitrogens is 2. The highest BCUT2D eigenvalue weighted by atomic mass is 16.2. The summed E-state index contributed by atoms with van der Waals surface area (Å²) in [6.07, 6.45) is 2.49. The third-order valence-electron chi connectivity index (χ3n) is 4.29. The Morgan fingerprint density at radius 2 is 1.91 bits per heavy atom. The Morgan fingerprint density at radius 3 is 2.61 bits per heavy atom. The molecule has 23 heavy (non-hydrogen) atoms. The van der Waals surface area contributed by atoms with Crippen molar-refractivity contribution in [2.45, 2.75) is 25.8 Å². The van der Waals surface area contributed by atoms with Gasteiger partial charge in [-0.1, -0.05) is 12.1 Å². The molecule has 0 spiro atoms. The Kier molecular flexibility index (Phi) is 4.32. The number of amides is 1. The SMILES string of the molecule is CN(C)C(=O)CCn1c(=O)c(N2CCCC2)nc2ccccc21. The standard InChI is InChI=1S/C17H22N4O2/c1-19(2)15(22)9-12-21-14-8-4-3-7-13(14)18-16(17(21)23)20-10-5-6-11-20/h3-4,7-8H,5-6,9-12H2,1-2H3. The molecule has 0 saturated carbocycles. The van der Waals surface area contributed by atoms with Crippen LogP contribution in [0.1, 0.15) is 19.3 Å². The number of fused-ring (bicyclic) bond motifs is 1. The van der Waals surface area contributed by atoms with E-state index in [4.69, 9.17) is 0 Å². The van der Waals surface area contributed by atoms with Gasteiger partial charge >= 0.3 is 0 Å². The molecule has 1 aliphatic heterocycles. The average Bonchev–Trinajstić information content (AvgIpc) is 3.07. The maximum Gasteiger partial charge on any atom is 0.294 e. The number of carbonyl (C=O) groups excluding carboxylic acids is 1. The highest BCUT2D eigenvalue weighted by molar-refractivity contribution is 5.78. The van der Waals surface area contributed by atoms with E-state index in [9.17, 15) is 9.59 Å². The van der Waals surface area contributed by atoms with Crippen molar-refractivity contribution in [3.05, 3.63) is 34.6 Å². The first-order valence-corrected chi connectivity index (χ1v) is 8.02. The molecule has 1 aliphatic rings. The van der Waals surface area contributed by atoms with E-state index in [-0.39, 0.29) is 11.5 Å². The quantitative estimate of drug-likeness (QED) is 0.857. The lowest BCUT2D eigenvalue weighted by atomic mass is 10.2. The molecule has 0 bridgehead atoms. The predicted molar refractivity (Wildman–Crippen MR) is 90.8 cm³/mol. The predicted octanol–water partition coefficient (Wildman–Crippen LogP) is 1.47. The Morgan fingerprint density at radius 1 is 1.22 bits per heavy atom. The smallest absolute Gasteiger partial charge is 0.294 e. The lowest BCUT2D eigenvalue weighted by Gasteiger charge is -2.19. The molecule has 6 heteroatoms. The average molecular weight is 314 g/mol. The first kappa shape index (κ1) is 15.5. The number of benzene rings is 1. The summed E-state index contributed by atoms with van der Waals surface area (Å²) in [5.41, 5.74) is 1.48. The molecule has 0 unspecified atom stereocenters. The van der Waals surface area contributed by atoms with Crippen LogP contribution in [0.4, 0.5) is 5.82 Å². The summed E-state index contributed by atoms with van der Waals surface area (Å²) >= 11 is 0. The van der Waals surface area contributed by atoms with Gasteiger partial charge in [0.2, 0.25) is 5.91 Å². The highest BCUT2D eigenvalue weighted by Crippen LogP contribution is 2.18. The fourth-order valence-electron chi connectivity index (χ4n) is 2.97. The number of carbonyl (C=O) groups is 1. The number of aryl methyl sites for hydroxylation is 1. The summed E-state index contributed by atoms with van der Waals surface area (Å²) in [5, 5.41) is 0. The van der Waals surface area contributed by atoms with Crippen LogP contribution in [0.3, 0.4) is 0 Å².